The highest BCUT2D eigenvalue weighted by Crippen LogP contribution is 2.29. The van der Waals surface area contributed by atoms with Crippen LogP contribution in [0.3, 0.4) is 0 Å². The van der Waals surface area contributed by atoms with E-state index in [1.165, 1.54) is 37.5 Å². The number of esters is 2. The molecule has 2 rings (SSSR count). The molecular weight excluding hydrogens is 440 g/mol. The molecule has 0 aliphatic heterocycles. The number of hydrogen-bond donors (Lipinski definition) is 5. The van der Waals surface area contributed by atoms with Crippen LogP contribution in [0.5, 0.6) is 23.0 Å². The number of aliphatic hydroxyl groups is 1. The fourth-order valence-electron chi connectivity index (χ4n) is 2.85. The number of carboxylic acids is 1. The number of carbonyl (C=O) groups excluding carboxylic acids is 2. The SMILES string of the molecule is COC(=O)[C@@H](OC(=O)C=Cc1ccc(OC)c(O)c1)[C@](O)(Cc1ccc(O)c(O)c1)C(=O)O. The van der Waals surface area contributed by atoms with Crippen molar-refractivity contribution in [3.8, 4) is 23.0 Å². The molecule has 0 spiro atoms. The van der Waals surface area contributed by atoms with E-state index in [0.717, 1.165) is 25.3 Å². The van der Waals surface area contributed by atoms with Gasteiger partial charge in [0.25, 0.3) is 0 Å². The van der Waals surface area contributed by atoms with Crippen LogP contribution in [0, 0.1) is 0 Å². The molecular formula is C22H22O11. The van der Waals surface area contributed by atoms with E-state index in [1.54, 1.807) is 0 Å². The van der Waals surface area contributed by atoms with Crippen molar-refractivity contribution in [2.24, 2.45) is 0 Å². The zero-order chi connectivity index (χ0) is 24.8. The molecule has 0 aromatic heterocycles. The quantitative estimate of drug-likeness (QED) is 0.203. The number of rotatable bonds is 9. The molecule has 0 amide bonds. The lowest BCUT2D eigenvalue weighted by atomic mass is 9.88. The normalized spacial score (nSPS) is 13.7. The van der Waals surface area contributed by atoms with Crippen molar-refractivity contribution in [1.29, 1.82) is 0 Å². The first-order chi connectivity index (χ1) is 15.5. The smallest absolute Gasteiger partial charge is 0.350 e. The van der Waals surface area contributed by atoms with Crippen LogP contribution in [-0.4, -0.2) is 69.4 Å². The summed E-state index contributed by atoms with van der Waals surface area (Å²) in [5.41, 5.74) is -2.60. The molecule has 0 fully saturated rings. The monoisotopic (exact) mass is 462 g/mol. The van der Waals surface area contributed by atoms with Crippen LogP contribution >= 0.6 is 0 Å². The fourth-order valence-corrected chi connectivity index (χ4v) is 2.85. The van der Waals surface area contributed by atoms with Crippen molar-refractivity contribution in [1.82, 2.24) is 0 Å². The Bertz CT molecular complexity index is 1080. The number of ether oxygens (including phenoxy) is 3. The summed E-state index contributed by atoms with van der Waals surface area (Å²) >= 11 is 0. The second kappa shape index (κ2) is 10.4. The molecule has 0 heterocycles. The minimum absolute atomic E-state index is 0.0180. The largest absolute Gasteiger partial charge is 0.504 e. The van der Waals surface area contributed by atoms with E-state index in [9.17, 15) is 39.9 Å². The van der Waals surface area contributed by atoms with Gasteiger partial charge >= 0.3 is 17.9 Å². The summed E-state index contributed by atoms with van der Waals surface area (Å²) in [5, 5.41) is 49.2. The van der Waals surface area contributed by atoms with Gasteiger partial charge in [-0.3, -0.25) is 0 Å². The van der Waals surface area contributed by atoms with Gasteiger partial charge in [-0.2, -0.15) is 0 Å². The van der Waals surface area contributed by atoms with Gasteiger partial charge in [0.05, 0.1) is 14.2 Å². The number of carboxylic acid groups (broad SMARTS) is 1. The molecule has 0 aliphatic rings. The van der Waals surface area contributed by atoms with Crippen molar-refractivity contribution in [2.45, 2.75) is 18.1 Å². The van der Waals surface area contributed by atoms with Gasteiger partial charge in [-0.1, -0.05) is 12.1 Å². The summed E-state index contributed by atoms with van der Waals surface area (Å²) in [6.45, 7) is 0. The lowest BCUT2D eigenvalue weighted by Gasteiger charge is -2.30. The minimum Gasteiger partial charge on any atom is -0.504 e. The van der Waals surface area contributed by atoms with Gasteiger partial charge in [-0.05, 0) is 41.5 Å². The second-order valence-electron chi connectivity index (χ2n) is 6.83. The molecule has 2 aromatic carbocycles. The van der Waals surface area contributed by atoms with Gasteiger partial charge < -0.3 is 39.7 Å². The van der Waals surface area contributed by atoms with Gasteiger partial charge in [0.15, 0.2) is 23.0 Å². The number of hydrogen-bond acceptors (Lipinski definition) is 10. The molecule has 33 heavy (non-hydrogen) atoms. The maximum Gasteiger partial charge on any atom is 0.350 e. The Hall–Kier alpha value is -4.25. The summed E-state index contributed by atoms with van der Waals surface area (Å²) in [6, 6.07) is 7.47. The van der Waals surface area contributed by atoms with Crippen LogP contribution in [-0.2, 0) is 30.3 Å². The van der Waals surface area contributed by atoms with Gasteiger partial charge in [-0.25, -0.2) is 14.4 Å². The Kier molecular flexibility index (Phi) is 7.86. The molecule has 2 aromatic rings. The van der Waals surface area contributed by atoms with Crippen LogP contribution in [0.2, 0.25) is 0 Å². The third-order valence-electron chi connectivity index (χ3n) is 4.58. The topological polar surface area (TPSA) is 180 Å². The predicted molar refractivity (Wildman–Crippen MR) is 112 cm³/mol. The minimum atomic E-state index is -2.97. The third kappa shape index (κ3) is 5.92. The van der Waals surface area contributed by atoms with Crippen LogP contribution in [0.25, 0.3) is 6.08 Å². The average molecular weight is 462 g/mol. The van der Waals surface area contributed by atoms with Gasteiger partial charge in [0.2, 0.25) is 11.7 Å². The van der Waals surface area contributed by atoms with E-state index in [-0.39, 0.29) is 17.1 Å². The Morgan fingerprint density at radius 2 is 1.70 bits per heavy atom. The van der Waals surface area contributed by atoms with Crippen molar-refractivity contribution in [2.75, 3.05) is 14.2 Å². The summed E-state index contributed by atoms with van der Waals surface area (Å²) in [4.78, 5) is 36.4. The lowest BCUT2D eigenvalue weighted by Crippen LogP contribution is -2.57. The Labute approximate surface area is 187 Å². The molecule has 0 bridgehead atoms. The van der Waals surface area contributed by atoms with Crippen molar-refractivity contribution >= 4 is 24.0 Å². The molecule has 0 aliphatic carbocycles. The first kappa shape index (κ1) is 25.0. The standard InChI is InChI=1S/C22H22O11/c1-31-17-7-4-12(9-16(17)25)5-8-18(26)33-19(20(27)32-2)22(30,21(28)29)11-13-3-6-14(23)15(24)10-13/h3-10,19,23-25,30H,11H2,1-2H3,(H,28,29)/t19-,22-/m1/s1. The van der Waals surface area contributed by atoms with E-state index in [2.05, 4.69) is 4.74 Å². The Balaban J connectivity index is 2.30. The number of benzene rings is 2. The Morgan fingerprint density at radius 1 is 1.00 bits per heavy atom. The third-order valence-corrected chi connectivity index (χ3v) is 4.58. The van der Waals surface area contributed by atoms with Crippen molar-refractivity contribution in [3.63, 3.8) is 0 Å². The van der Waals surface area contributed by atoms with Crippen molar-refractivity contribution in [3.05, 3.63) is 53.6 Å². The number of aliphatic carboxylic acids is 1. The zero-order valence-corrected chi connectivity index (χ0v) is 17.6. The maximum absolute atomic E-state index is 12.3. The van der Waals surface area contributed by atoms with E-state index in [0.29, 0.717) is 5.56 Å². The number of aromatic hydroxyl groups is 3. The van der Waals surface area contributed by atoms with Gasteiger partial charge in [-0.15, -0.1) is 0 Å². The van der Waals surface area contributed by atoms with E-state index < -0.39 is 47.5 Å². The van der Waals surface area contributed by atoms with Crippen LogP contribution in [0.1, 0.15) is 11.1 Å². The molecule has 0 saturated heterocycles. The maximum atomic E-state index is 12.3. The molecule has 0 saturated carbocycles. The number of phenolic OH excluding ortho intramolecular Hbond substituents is 3. The zero-order valence-electron chi connectivity index (χ0n) is 17.6. The Morgan fingerprint density at radius 3 is 2.24 bits per heavy atom. The van der Waals surface area contributed by atoms with Gasteiger partial charge in [0, 0.05) is 12.5 Å². The highest BCUT2D eigenvalue weighted by atomic mass is 16.6. The average Bonchev–Trinajstić information content (AvgIpc) is 2.77. The van der Waals surface area contributed by atoms with Crippen LogP contribution < -0.4 is 4.74 Å². The number of phenols is 3. The highest BCUT2D eigenvalue weighted by Gasteiger charge is 2.52. The number of carbonyl (C=O) groups is 3. The summed E-state index contributed by atoms with van der Waals surface area (Å²) in [7, 11) is 2.27. The molecule has 0 radical (unpaired) electrons. The summed E-state index contributed by atoms with van der Waals surface area (Å²) in [6.07, 6.45) is -0.990. The molecule has 176 valence electrons. The van der Waals surface area contributed by atoms with Gasteiger partial charge in [0.1, 0.15) is 0 Å². The van der Waals surface area contributed by atoms with E-state index in [1.807, 2.05) is 0 Å². The number of methoxy groups -OCH3 is 2. The van der Waals surface area contributed by atoms with E-state index in [4.69, 9.17) is 9.47 Å². The lowest BCUT2D eigenvalue weighted by molar-refractivity contribution is -0.193. The molecule has 2 atom stereocenters. The summed E-state index contributed by atoms with van der Waals surface area (Å²) < 4.78 is 14.3. The first-order valence-electron chi connectivity index (χ1n) is 9.32. The van der Waals surface area contributed by atoms with Crippen LogP contribution in [0.4, 0.5) is 0 Å². The first-order valence-corrected chi connectivity index (χ1v) is 9.32. The van der Waals surface area contributed by atoms with Crippen molar-refractivity contribution < 1.29 is 54.1 Å². The molecule has 11 heteroatoms. The van der Waals surface area contributed by atoms with Crippen LogP contribution in [0.15, 0.2) is 42.5 Å². The summed E-state index contributed by atoms with van der Waals surface area (Å²) in [5.74, 6) is -5.49. The molecule has 11 nitrogen and oxygen atoms in total. The fraction of sp³-hybridized carbons (Fsp3) is 0.227. The van der Waals surface area contributed by atoms with E-state index >= 15 is 0 Å². The highest BCUT2D eigenvalue weighted by molar-refractivity contribution is 5.93. The second-order valence-corrected chi connectivity index (χ2v) is 6.83. The predicted octanol–water partition coefficient (Wildman–Crippen LogP) is 0.968. The molecule has 5 N–H and O–H groups in total. The molecule has 0 unspecified atom stereocenters.